The molecule has 0 N–H and O–H groups in total. The third kappa shape index (κ3) is 2.61. The SMILES string of the molecule is Cc1cc(C(=O)N2CCCC2C2CCCCC2=O)n(C)n1. The molecule has 5 heteroatoms. The van der Waals surface area contributed by atoms with Crippen molar-refractivity contribution < 1.29 is 9.59 Å². The Bertz CT molecular complexity index is 564. The van der Waals surface area contributed by atoms with Crippen molar-refractivity contribution in [1.82, 2.24) is 14.7 Å². The fraction of sp³-hybridized carbons (Fsp3) is 0.688. The number of aryl methyl sites for hydroxylation is 2. The molecule has 1 aliphatic carbocycles. The summed E-state index contributed by atoms with van der Waals surface area (Å²) in [4.78, 5) is 26.9. The first-order valence-corrected chi connectivity index (χ1v) is 7.92. The standard InChI is InChI=1S/C16H23N3O2/c1-11-10-14(18(2)17-11)16(21)19-9-5-7-13(19)12-6-3-4-8-15(12)20/h10,12-13H,3-9H2,1-2H3. The number of nitrogens with zero attached hydrogens (tertiary/aromatic N) is 3. The van der Waals surface area contributed by atoms with Gasteiger partial charge >= 0.3 is 0 Å². The zero-order valence-corrected chi connectivity index (χ0v) is 12.8. The van der Waals surface area contributed by atoms with E-state index in [9.17, 15) is 9.59 Å². The molecule has 2 unspecified atom stereocenters. The van der Waals surface area contributed by atoms with E-state index >= 15 is 0 Å². The number of hydrogen-bond acceptors (Lipinski definition) is 3. The predicted octanol–water partition coefficient (Wildman–Crippen LogP) is 2.09. The van der Waals surface area contributed by atoms with Crippen LogP contribution in [0.3, 0.4) is 0 Å². The van der Waals surface area contributed by atoms with Gasteiger partial charge in [0.15, 0.2) is 0 Å². The second-order valence-corrected chi connectivity index (χ2v) is 6.32. The van der Waals surface area contributed by atoms with Gasteiger partial charge in [-0.15, -0.1) is 0 Å². The van der Waals surface area contributed by atoms with Gasteiger partial charge in [0.25, 0.3) is 5.91 Å². The van der Waals surface area contributed by atoms with Crippen LogP contribution in [-0.4, -0.2) is 39.0 Å². The van der Waals surface area contributed by atoms with Crippen molar-refractivity contribution >= 4 is 11.7 Å². The van der Waals surface area contributed by atoms with E-state index in [1.54, 1.807) is 11.7 Å². The Kier molecular flexibility index (Phi) is 3.83. The topological polar surface area (TPSA) is 55.2 Å². The van der Waals surface area contributed by atoms with Crippen molar-refractivity contribution in [1.29, 1.82) is 0 Å². The highest BCUT2D eigenvalue weighted by molar-refractivity contribution is 5.94. The van der Waals surface area contributed by atoms with E-state index in [0.29, 0.717) is 17.9 Å². The van der Waals surface area contributed by atoms with Crippen LogP contribution in [0.5, 0.6) is 0 Å². The van der Waals surface area contributed by atoms with Crippen LogP contribution in [0.25, 0.3) is 0 Å². The second kappa shape index (κ2) is 5.62. The quantitative estimate of drug-likeness (QED) is 0.837. The van der Waals surface area contributed by atoms with E-state index in [-0.39, 0.29) is 17.9 Å². The molecular formula is C16H23N3O2. The minimum atomic E-state index is 0.0268. The van der Waals surface area contributed by atoms with E-state index in [1.807, 2.05) is 17.9 Å². The lowest BCUT2D eigenvalue weighted by Crippen LogP contribution is -2.44. The van der Waals surface area contributed by atoms with E-state index in [4.69, 9.17) is 0 Å². The number of rotatable bonds is 2. The van der Waals surface area contributed by atoms with Crippen LogP contribution in [0, 0.1) is 12.8 Å². The molecule has 0 aromatic carbocycles. The Balaban J connectivity index is 1.82. The van der Waals surface area contributed by atoms with Gasteiger partial charge in [-0.2, -0.15) is 5.10 Å². The van der Waals surface area contributed by atoms with Crippen LogP contribution in [0.2, 0.25) is 0 Å². The minimum Gasteiger partial charge on any atom is -0.334 e. The Morgan fingerprint density at radius 2 is 2.10 bits per heavy atom. The number of carbonyl (C=O) groups excluding carboxylic acids is 2. The summed E-state index contributed by atoms with van der Waals surface area (Å²) in [6, 6.07) is 1.93. The van der Waals surface area contributed by atoms with Crippen molar-refractivity contribution in [3.8, 4) is 0 Å². The molecule has 2 fully saturated rings. The molecule has 1 aromatic heterocycles. The molecule has 1 saturated heterocycles. The van der Waals surface area contributed by atoms with Crippen LogP contribution < -0.4 is 0 Å². The number of ketones is 1. The average molecular weight is 289 g/mol. The van der Waals surface area contributed by atoms with Gasteiger partial charge in [0.2, 0.25) is 0 Å². The smallest absolute Gasteiger partial charge is 0.272 e. The largest absolute Gasteiger partial charge is 0.334 e. The molecule has 114 valence electrons. The van der Waals surface area contributed by atoms with Crippen LogP contribution >= 0.6 is 0 Å². The second-order valence-electron chi connectivity index (χ2n) is 6.32. The van der Waals surface area contributed by atoms with E-state index in [0.717, 1.165) is 44.3 Å². The maximum Gasteiger partial charge on any atom is 0.272 e. The predicted molar refractivity (Wildman–Crippen MR) is 79.0 cm³/mol. The van der Waals surface area contributed by atoms with Gasteiger partial charge in [-0.25, -0.2) is 0 Å². The number of hydrogen-bond donors (Lipinski definition) is 0. The molecular weight excluding hydrogens is 266 g/mol. The normalized spacial score (nSPS) is 26.4. The summed E-state index contributed by atoms with van der Waals surface area (Å²) in [6.07, 6.45) is 5.71. The Morgan fingerprint density at radius 3 is 2.76 bits per heavy atom. The summed E-state index contributed by atoms with van der Waals surface area (Å²) < 4.78 is 1.65. The number of Topliss-reactive ketones (excluding diaryl/α,β-unsaturated/α-hetero) is 1. The molecule has 2 heterocycles. The monoisotopic (exact) mass is 289 g/mol. The summed E-state index contributed by atoms with van der Waals surface area (Å²) in [7, 11) is 1.80. The zero-order chi connectivity index (χ0) is 15.0. The highest BCUT2D eigenvalue weighted by Gasteiger charge is 2.39. The summed E-state index contributed by atoms with van der Waals surface area (Å²) in [5.41, 5.74) is 1.48. The summed E-state index contributed by atoms with van der Waals surface area (Å²) in [6.45, 7) is 2.65. The van der Waals surface area contributed by atoms with Gasteiger partial charge in [0, 0.05) is 32.0 Å². The van der Waals surface area contributed by atoms with Crippen LogP contribution in [0.1, 0.15) is 54.7 Å². The molecule has 1 amide bonds. The van der Waals surface area contributed by atoms with Crippen molar-refractivity contribution in [3.05, 3.63) is 17.5 Å². The Hall–Kier alpha value is -1.65. The molecule has 0 radical (unpaired) electrons. The highest BCUT2D eigenvalue weighted by Crippen LogP contribution is 2.33. The molecule has 1 saturated carbocycles. The molecule has 2 atom stereocenters. The van der Waals surface area contributed by atoms with Crippen molar-refractivity contribution in [3.63, 3.8) is 0 Å². The van der Waals surface area contributed by atoms with Gasteiger partial charge < -0.3 is 4.90 Å². The van der Waals surface area contributed by atoms with Crippen molar-refractivity contribution in [2.45, 2.75) is 51.5 Å². The van der Waals surface area contributed by atoms with Gasteiger partial charge in [0.05, 0.1) is 5.69 Å². The minimum absolute atomic E-state index is 0.0268. The summed E-state index contributed by atoms with van der Waals surface area (Å²) >= 11 is 0. The molecule has 3 rings (SSSR count). The van der Waals surface area contributed by atoms with Crippen molar-refractivity contribution in [2.24, 2.45) is 13.0 Å². The molecule has 2 aliphatic rings. The number of aromatic nitrogens is 2. The first kappa shape index (κ1) is 14.3. The zero-order valence-electron chi connectivity index (χ0n) is 12.8. The highest BCUT2D eigenvalue weighted by atomic mass is 16.2. The molecule has 1 aliphatic heterocycles. The Labute approximate surface area is 125 Å². The number of likely N-dealkylation sites (tertiary alicyclic amines) is 1. The van der Waals surface area contributed by atoms with Crippen LogP contribution in [0.15, 0.2) is 6.07 Å². The fourth-order valence-corrected chi connectivity index (χ4v) is 3.84. The Morgan fingerprint density at radius 1 is 1.29 bits per heavy atom. The van der Waals surface area contributed by atoms with Crippen LogP contribution in [-0.2, 0) is 11.8 Å². The fourth-order valence-electron chi connectivity index (χ4n) is 3.84. The molecule has 21 heavy (non-hydrogen) atoms. The molecule has 5 nitrogen and oxygen atoms in total. The maximum atomic E-state index is 12.8. The maximum absolute atomic E-state index is 12.8. The van der Waals surface area contributed by atoms with Gasteiger partial charge in [-0.05, 0) is 38.7 Å². The molecule has 0 bridgehead atoms. The molecule has 1 aromatic rings. The molecule has 0 spiro atoms. The number of carbonyl (C=O) groups is 2. The third-order valence-corrected chi connectivity index (χ3v) is 4.85. The van der Waals surface area contributed by atoms with E-state index in [2.05, 4.69) is 5.10 Å². The lowest BCUT2D eigenvalue weighted by atomic mass is 9.82. The van der Waals surface area contributed by atoms with Gasteiger partial charge in [0.1, 0.15) is 11.5 Å². The average Bonchev–Trinajstić information content (AvgIpc) is 3.05. The lowest BCUT2D eigenvalue weighted by molar-refractivity contribution is -0.126. The van der Waals surface area contributed by atoms with Gasteiger partial charge in [-0.3, -0.25) is 14.3 Å². The van der Waals surface area contributed by atoms with E-state index < -0.39 is 0 Å². The van der Waals surface area contributed by atoms with E-state index in [1.165, 1.54) is 0 Å². The van der Waals surface area contributed by atoms with Gasteiger partial charge in [-0.1, -0.05) is 6.42 Å². The first-order valence-electron chi connectivity index (χ1n) is 7.92. The first-order chi connectivity index (χ1) is 10.1. The van der Waals surface area contributed by atoms with Crippen LogP contribution in [0.4, 0.5) is 0 Å². The summed E-state index contributed by atoms with van der Waals surface area (Å²) in [5.74, 6) is 0.436. The lowest BCUT2D eigenvalue weighted by Gasteiger charge is -2.33. The van der Waals surface area contributed by atoms with Crippen molar-refractivity contribution in [2.75, 3.05) is 6.54 Å². The summed E-state index contributed by atoms with van der Waals surface area (Å²) in [5, 5.41) is 4.26. The number of amides is 1. The third-order valence-electron chi connectivity index (χ3n) is 4.85.